The van der Waals surface area contributed by atoms with Gasteiger partial charge >= 0.3 is 5.97 Å². The number of nitrogens with zero attached hydrogens (tertiary/aromatic N) is 2. The highest BCUT2D eigenvalue weighted by molar-refractivity contribution is 5.72. The van der Waals surface area contributed by atoms with Gasteiger partial charge in [-0.15, -0.1) is 0 Å². The van der Waals surface area contributed by atoms with Crippen LogP contribution in [0.15, 0.2) is 0 Å². The molecule has 144 valence electrons. The summed E-state index contributed by atoms with van der Waals surface area (Å²) in [7, 11) is 0. The Bertz CT molecular complexity index is 414. The third kappa shape index (κ3) is 4.94. The van der Waals surface area contributed by atoms with Crippen molar-refractivity contribution >= 4 is 5.97 Å². The number of ether oxygens (including phenoxy) is 3. The molecule has 1 unspecified atom stereocenters. The molecule has 0 N–H and O–H groups in total. The van der Waals surface area contributed by atoms with Crippen molar-refractivity contribution in [2.75, 3.05) is 39.4 Å². The zero-order valence-electron chi connectivity index (χ0n) is 15.8. The number of hydrogen-bond acceptors (Lipinski definition) is 6. The Morgan fingerprint density at radius 2 is 1.64 bits per heavy atom. The maximum Gasteiger partial charge on any atom is 0.308 e. The Morgan fingerprint density at radius 3 is 2.24 bits per heavy atom. The summed E-state index contributed by atoms with van der Waals surface area (Å²) in [6.45, 7) is 9.36. The first-order chi connectivity index (χ1) is 12.2. The molecule has 1 aliphatic carbocycles. The molecule has 0 bridgehead atoms. The second kappa shape index (κ2) is 9.31. The fourth-order valence-electron chi connectivity index (χ4n) is 4.22. The summed E-state index contributed by atoms with van der Waals surface area (Å²) >= 11 is 0. The van der Waals surface area contributed by atoms with Crippen molar-refractivity contribution in [3.63, 3.8) is 0 Å². The third-order valence-corrected chi connectivity index (χ3v) is 5.65. The summed E-state index contributed by atoms with van der Waals surface area (Å²) in [6, 6.07) is 0. The van der Waals surface area contributed by atoms with E-state index < -0.39 is 0 Å². The van der Waals surface area contributed by atoms with Gasteiger partial charge < -0.3 is 14.2 Å². The summed E-state index contributed by atoms with van der Waals surface area (Å²) in [5.41, 5.74) is 0. The summed E-state index contributed by atoms with van der Waals surface area (Å²) in [4.78, 5) is 16.8. The molecule has 6 nitrogen and oxygen atoms in total. The number of hydrogen-bond donors (Lipinski definition) is 0. The van der Waals surface area contributed by atoms with Crippen molar-refractivity contribution in [3.05, 3.63) is 0 Å². The van der Waals surface area contributed by atoms with E-state index in [9.17, 15) is 4.79 Å². The fourth-order valence-corrected chi connectivity index (χ4v) is 4.22. The number of likely N-dealkylation sites (tertiary alicyclic amines) is 2. The molecule has 1 atom stereocenters. The van der Waals surface area contributed by atoms with Gasteiger partial charge in [0.1, 0.15) is 0 Å². The van der Waals surface area contributed by atoms with E-state index in [1.165, 1.54) is 12.8 Å². The number of esters is 1. The van der Waals surface area contributed by atoms with Crippen LogP contribution >= 0.6 is 0 Å². The van der Waals surface area contributed by atoms with Crippen LogP contribution in [0.4, 0.5) is 0 Å². The molecule has 2 saturated heterocycles. The van der Waals surface area contributed by atoms with Crippen molar-refractivity contribution in [3.8, 4) is 0 Å². The van der Waals surface area contributed by atoms with Gasteiger partial charge in [-0.25, -0.2) is 0 Å². The fraction of sp³-hybridized carbons (Fsp3) is 0.947. The van der Waals surface area contributed by atoms with Crippen molar-refractivity contribution in [2.45, 2.75) is 70.9 Å². The lowest BCUT2D eigenvalue weighted by molar-refractivity contribution is -0.224. The number of carbonyl (C=O) groups excluding carboxylic acids is 1. The van der Waals surface area contributed by atoms with Gasteiger partial charge in [0, 0.05) is 32.8 Å². The molecule has 25 heavy (non-hydrogen) atoms. The van der Waals surface area contributed by atoms with Gasteiger partial charge in [0.05, 0.1) is 24.7 Å². The van der Waals surface area contributed by atoms with E-state index >= 15 is 0 Å². The molecular formula is C19H34N2O4. The van der Waals surface area contributed by atoms with Crippen LogP contribution in [0.2, 0.25) is 0 Å². The van der Waals surface area contributed by atoms with Gasteiger partial charge in [-0.05, 0) is 52.4 Å². The Balaban J connectivity index is 1.48. The summed E-state index contributed by atoms with van der Waals surface area (Å²) in [5, 5.41) is 0. The zero-order valence-corrected chi connectivity index (χ0v) is 15.8. The first-order valence-electron chi connectivity index (χ1n) is 10.1. The van der Waals surface area contributed by atoms with E-state index in [1.54, 1.807) is 0 Å². The van der Waals surface area contributed by atoms with Crippen LogP contribution in [0.5, 0.6) is 0 Å². The van der Waals surface area contributed by atoms with Crippen LogP contribution in [-0.2, 0) is 19.0 Å². The van der Waals surface area contributed by atoms with Crippen LogP contribution in [0.1, 0.15) is 52.4 Å². The van der Waals surface area contributed by atoms with E-state index in [4.69, 9.17) is 14.2 Å². The molecule has 6 heteroatoms. The Hall–Kier alpha value is -0.690. The molecule has 3 aliphatic rings. The minimum Gasteiger partial charge on any atom is -0.466 e. The molecule has 0 spiro atoms. The smallest absolute Gasteiger partial charge is 0.308 e. The molecular weight excluding hydrogens is 320 g/mol. The molecule has 0 radical (unpaired) electrons. The van der Waals surface area contributed by atoms with Gasteiger partial charge in [0.15, 0.2) is 6.35 Å². The van der Waals surface area contributed by atoms with Crippen molar-refractivity contribution < 1.29 is 19.0 Å². The Kier molecular flexibility index (Phi) is 7.10. The average molecular weight is 354 g/mol. The maximum absolute atomic E-state index is 11.9. The van der Waals surface area contributed by atoms with Crippen LogP contribution < -0.4 is 0 Å². The molecule has 2 aliphatic heterocycles. The van der Waals surface area contributed by atoms with Crippen molar-refractivity contribution in [1.82, 2.24) is 9.80 Å². The van der Waals surface area contributed by atoms with Crippen LogP contribution in [0.3, 0.4) is 0 Å². The second-order valence-electron chi connectivity index (χ2n) is 7.46. The van der Waals surface area contributed by atoms with Gasteiger partial charge in [-0.3, -0.25) is 14.6 Å². The van der Waals surface area contributed by atoms with E-state index in [0.29, 0.717) is 12.7 Å². The average Bonchev–Trinajstić information content (AvgIpc) is 3.11. The zero-order chi connectivity index (χ0) is 17.6. The highest BCUT2D eigenvalue weighted by atomic mass is 16.5. The Labute approximate surface area is 151 Å². The van der Waals surface area contributed by atoms with Gasteiger partial charge in [-0.2, -0.15) is 0 Å². The largest absolute Gasteiger partial charge is 0.466 e. The van der Waals surface area contributed by atoms with E-state index in [2.05, 4.69) is 16.7 Å². The standard InChI is InChI=1S/C19H34N2O4/c1-3-23-17-13-21(14-17)19(20-11-5-6-12-20)25-16-9-7-15(8-10-16)18(22)24-4-2/h15-17,19H,3-14H2,1-2H3. The highest BCUT2D eigenvalue weighted by Gasteiger charge is 2.39. The molecule has 0 aromatic heterocycles. The summed E-state index contributed by atoms with van der Waals surface area (Å²) in [6.07, 6.45) is 6.91. The molecule has 0 amide bonds. The van der Waals surface area contributed by atoms with Crippen LogP contribution in [0, 0.1) is 5.92 Å². The first-order valence-corrected chi connectivity index (χ1v) is 10.1. The Morgan fingerprint density at radius 1 is 0.960 bits per heavy atom. The monoisotopic (exact) mass is 354 g/mol. The highest BCUT2D eigenvalue weighted by Crippen LogP contribution is 2.31. The maximum atomic E-state index is 11.9. The molecule has 1 saturated carbocycles. The molecule has 2 heterocycles. The molecule has 3 rings (SSSR count). The summed E-state index contributed by atoms with van der Waals surface area (Å²) < 4.78 is 17.4. The predicted molar refractivity (Wildman–Crippen MR) is 95.0 cm³/mol. The topological polar surface area (TPSA) is 51.2 Å². The van der Waals surface area contributed by atoms with Crippen LogP contribution in [-0.4, -0.2) is 73.7 Å². The lowest BCUT2D eigenvalue weighted by Gasteiger charge is -2.47. The predicted octanol–water partition coefficient (Wildman–Crippen LogP) is 2.23. The van der Waals surface area contributed by atoms with E-state index in [0.717, 1.165) is 58.5 Å². The lowest BCUT2D eigenvalue weighted by Crippen LogP contribution is -2.62. The number of carbonyl (C=O) groups is 1. The van der Waals surface area contributed by atoms with Gasteiger partial charge in [0.2, 0.25) is 0 Å². The second-order valence-corrected chi connectivity index (χ2v) is 7.46. The van der Waals surface area contributed by atoms with Crippen LogP contribution in [0.25, 0.3) is 0 Å². The lowest BCUT2D eigenvalue weighted by atomic mass is 9.87. The molecule has 0 aromatic rings. The van der Waals surface area contributed by atoms with Crippen molar-refractivity contribution in [2.24, 2.45) is 5.92 Å². The minimum atomic E-state index is -0.0284. The number of rotatable bonds is 8. The van der Waals surface area contributed by atoms with Gasteiger partial charge in [-0.1, -0.05) is 0 Å². The van der Waals surface area contributed by atoms with Gasteiger partial charge in [0.25, 0.3) is 0 Å². The minimum absolute atomic E-state index is 0.0284. The summed E-state index contributed by atoms with van der Waals surface area (Å²) in [5.74, 6) is 0.0377. The third-order valence-electron chi connectivity index (χ3n) is 5.65. The normalized spacial score (nSPS) is 30.2. The molecule has 3 fully saturated rings. The quantitative estimate of drug-likeness (QED) is 0.623. The first kappa shape index (κ1) is 19.1. The van der Waals surface area contributed by atoms with E-state index in [-0.39, 0.29) is 24.3 Å². The van der Waals surface area contributed by atoms with Crippen molar-refractivity contribution in [1.29, 1.82) is 0 Å². The SMILES string of the molecule is CCOC(=O)C1CCC(OC(N2CCCC2)N2CC(OCC)C2)CC1. The molecule has 0 aromatic carbocycles. The van der Waals surface area contributed by atoms with E-state index in [1.807, 2.05) is 6.92 Å².